The molecule has 0 unspecified atom stereocenters. The summed E-state index contributed by atoms with van der Waals surface area (Å²) in [5.41, 5.74) is -0.441. The normalized spacial score (nSPS) is 18.9. The van der Waals surface area contributed by atoms with Gasteiger partial charge in [-0.1, -0.05) is 0 Å². The molecule has 11 heteroatoms. The number of aryl methyl sites for hydroxylation is 1. The number of alkyl halides is 3. The SMILES string of the molecule is Cc1nc(NC2CCC(N(C(=O)C(F)(F)F)c3cc(F)cc(F)c3)CC2)cc(N(C)C)n1. The molecule has 0 radical (unpaired) electrons. The van der Waals surface area contributed by atoms with Gasteiger partial charge in [-0.25, -0.2) is 18.7 Å². The van der Waals surface area contributed by atoms with Crippen LogP contribution in [0.15, 0.2) is 24.3 Å². The average molecular weight is 457 g/mol. The van der Waals surface area contributed by atoms with Crippen LogP contribution in [-0.2, 0) is 4.79 Å². The highest BCUT2D eigenvalue weighted by Gasteiger charge is 2.46. The van der Waals surface area contributed by atoms with E-state index in [-0.39, 0.29) is 18.9 Å². The number of hydrogen-bond donors (Lipinski definition) is 1. The van der Waals surface area contributed by atoms with E-state index >= 15 is 0 Å². The maximum Gasteiger partial charge on any atom is 0.471 e. The van der Waals surface area contributed by atoms with Crippen LogP contribution in [-0.4, -0.2) is 48.2 Å². The second-order valence-electron chi connectivity index (χ2n) is 8.00. The van der Waals surface area contributed by atoms with Gasteiger partial charge in [-0.3, -0.25) is 4.79 Å². The molecule has 1 aliphatic carbocycles. The van der Waals surface area contributed by atoms with Crippen molar-refractivity contribution in [3.63, 3.8) is 0 Å². The van der Waals surface area contributed by atoms with Crippen LogP contribution in [0, 0.1) is 18.6 Å². The number of carbonyl (C=O) groups excluding carboxylic acids is 1. The summed E-state index contributed by atoms with van der Waals surface area (Å²) < 4.78 is 67.0. The van der Waals surface area contributed by atoms with Crippen LogP contribution in [0.25, 0.3) is 0 Å². The zero-order valence-electron chi connectivity index (χ0n) is 17.9. The van der Waals surface area contributed by atoms with Crippen molar-refractivity contribution in [1.82, 2.24) is 9.97 Å². The van der Waals surface area contributed by atoms with Gasteiger partial charge >= 0.3 is 12.1 Å². The lowest BCUT2D eigenvalue weighted by Crippen LogP contribution is -2.49. The first kappa shape index (κ1) is 23.7. The predicted molar refractivity (Wildman–Crippen MR) is 111 cm³/mol. The summed E-state index contributed by atoms with van der Waals surface area (Å²) in [6.45, 7) is 1.76. The van der Waals surface area contributed by atoms with Crippen LogP contribution in [0.1, 0.15) is 31.5 Å². The lowest BCUT2D eigenvalue weighted by molar-refractivity contribution is -0.171. The van der Waals surface area contributed by atoms with Crippen molar-refractivity contribution in [2.75, 3.05) is 29.2 Å². The van der Waals surface area contributed by atoms with Gasteiger partial charge in [-0.15, -0.1) is 0 Å². The molecule has 0 atom stereocenters. The highest BCUT2D eigenvalue weighted by molar-refractivity contribution is 5.97. The second kappa shape index (κ2) is 9.25. The summed E-state index contributed by atoms with van der Waals surface area (Å²) in [5, 5.41) is 3.27. The highest BCUT2D eigenvalue weighted by atomic mass is 19.4. The smallest absolute Gasteiger partial charge is 0.367 e. The van der Waals surface area contributed by atoms with E-state index in [0.717, 1.165) is 12.1 Å². The number of nitrogens with zero attached hydrogens (tertiary/aromatic N) is 4. The molecule has 1 aliphatic rings. The van der Waals surface area contributed by atoms with Crippen LogP contribution in [0.3, 0.4) is 0 Å². The standard InChI is InChI=1S/C21H24F5N5O/c1-12-27-18(11-19(28-12)30(2)3)29-15-4-6-16(7-5-15)31(20(32)21(24,25)26)17-9-13(22)8-14(23)10-17/h8-11,15-16H,4-7H2,1-3H3,(H,27,28,29). The van der Waals surface area contributed by atoms with Crippen molar-refractivity contribution in [2.24, 2.45) is 0 Å². The van der Waals surface area contributed by atoms with Gasteiger partial charge in [0.1, 0.15) is 29.1 Å². The van der Waals surface area contributed by atoms with Crippen molar-refractivity contribution in [1.29, 1.82) is 0 Å². The Balaban J connectivity index is 1.76. The molecule has 6 nitrogen and oxygen atoms in total. The fraction of sp³-hybridized carbons (Fsp3) is 0.476. The Labute approximate surface area is 182 Å². The van der Waals surface area contributed by atoms with Crippen LogP contribution in [0.4, 0.5) is 39.3 Å². The van der Waals surface area contributed by atoms with Crippen molar-refractivity contribution >= 4 is 23.2 Å². The molecule has 174 valence electrons. The minimum absolute atomic E-state index is 0.0809. The van der Waals surface area contributed by atoms with Crippen molar-refractivity contribution in [3.05, 3.63) is 41.7 Å². The molecule has 1 saturated carbocycles. The summed E-state index contributed by atoms with van der Waals surface area (Å²) >= 11 is 0. The fourth-order valence-corrected chi connectivity index (χ4v) is 3.85. The number of nitrogens with one attached hydrogen (secondary N) is 1. The number of carbonyl (C=O) groups is 1. The van der Waals surface area contributed by atoms with Gasteiger partial charge in [0.2, 0.25) is 0 Å². The molecule has 1 aromatic heterocycles. The first-order valence-electron chi connectivity index (χ1n) is 10.1. The molecule has 3 rings (SSSR count). The monoisotopic (exact) mass is 457 g/mol. The Hall–Kier alpha value is -2.98. The molecule has 0 saturated heterocycles. The van der Waals surface area contributed by atoms with Gasteiger partial charge in [0.25, 0.3) is 0 Å². The van der Waals surface area contributed by atoms with Crippen LogP contribution in [0.5, 0.6) is 0 Å². The third-order valence-corrected chi connectivity index (χ3v) is 5.28. The van der Waals surface area contributed by atoms with Gasteiger partial charge in [-0.05, 0) is 44.7 Å². The van der Waals surface area contributed by atoms with E-state index < -0.39 is 35.4 Å². The Morgan fingerprint density at radius 1 is 1.00 bits per heavy atom. The predicted octanol–water partition coefficient (Wildman–Crippen LogP) is 4.45. The van der Waals surface area contributed by atoms with E-state index in [2.05, 4.69) is 15.3 Å². The van der Waals surface area contributed by atoms with Gasteiger partial charge in [0.05, 0.1) is 5.69 Å². The molecule has 1 heterocycles. The van der Waals surface area contributed by atoms with Crippen LogP contribution < -0.4 is 15.1 Å². The number of amides is 1. The zero-order valence-corrected chi connectivity index (χ0v) is 17.9. The molecule has 2 aromatic rings. The Bertz CT molecular complexity index is 953. The molecule has 0 spiro atoms. The molecule has 0 bridgehead atoms. The first-order valence-corrected chi connectivity index (χ1v) is 10.1. The van der Waals surface area contributed by atoms with Crippen LogP contribution in [0.2, 0.25) is 0 Å². The summed E-state index contributed by atoms with van der Waals surface area (Å²) in [6.07, 6.45) is -3.82. The third-order valence-electron chi connectivity index (χ3n) is 5.28. The van der Waals surface area contributed by atoms with Crippen molar-refractivity contribution in [2.45, 2.75) is 50.9 Å². The lowest BCUT2D eigenvalue weighted by atomic mass is 9.89. The second-order valence-corrected chi connectivity index (χ2v) is 8.00. The van der Waals surface area contributed by atoms with Gasteiger partial charge in [0.15, 0.2) is 0 Å². The van der Waals surface area contributed by atoms with E-state index in [1.165, 1.54) is 0 Å². The van der Waals surface area contributed by atoms with Gasteiger partial charge in [0, 0.05) is 38.3 Å². The van der Waals surface area contributed by atoms with Crippen molar-refractivity contribution in [3.8, 4) is 0 Å². The summed E-state index contributed by atoms with van der Waals surface area (Å²) in [5.74, 6) is -2.36. The van der Waals surface area contributed by atoms with E-state index in [1.807, 2.05) is 19.0 Å². The molecule has 1 N–H and O–H groups in total. The van der Waals surface area contributed by atoms with E-state index in [4.69, 9.17) is 0 Å². The molecule has 0 aliphatic heterocycles. The molecular formula is C21H24F5N5O. The Morgan fingerprint density at radius 2 is 1.59 bits per heavy atom. The van der Waals surface area contributed by atoms with Crippen molar-refractivity contribution < 1.29 is 26.7 Å². The number of anilines is 3. The third kappa shape index (κ3) is 5.63. The van der Waals surface area contributed by atoms with E-state index in [1.54, 1.807) is 13.0 Å². The maximum absolute atomic E-state index is 13.7. The topological polar surface area (TPSA) is 61.4 Å². The number of aromatic nitrogens is 2. The summed E-state index contributed by atoms with van der Waals surface area (Å²) in [7, 11) is 3.69. The quantitative estimate of drug-likeness (QED) is 0.673. The Morgan fingerprint density at radius 3 is 2.12 bits per heavy atom. The average Bonchev–Trinajstić information content (AvgIpc) is 2.67. The maximum atomic E-state index is 13.7. The Kier molecular flexibility index (Phi) is 6.85. The molecule has 1 amide bonds. The van der Waals surface area contributed by atoms with Gasteiger partial charge in [-0.2, -0.15) is 13.2 Å². The number of hydrogen-bond acceptors (Lipinski definition) is 5. The zero-order chi connectivity index (χ0) is 23.6. The molecule has 1 aromatic carbocycles. The van der Waals surface area contributed by atoms with Gasteiger partial charge < -0.3 is 15.1 Å². The number of rotatable bonds is 5. The van der Waals surface area contributed by atoms with Crippen LogP contribution >= 0.6 is 0 Å². The first-order chi connectivity index (χ1) is 14.9. The molecule has 32 heavy (non-hydrogen) atoms. The molecule has 1 fully saturated rings. The highest BCUT2D eigenvalue weighted by Crippen LogP contribution is 2.33. The molecular weight excluding hydrogens is 433 g/mol. The minimum atomic E-state index is -5.17. The van der Waals surface area contributed by atoms with E-state index in [0.29, 0.717) is 41.3 Å². The largest absolute Gasteiger partial charge is 0.471 e. The lowest BCUT2D eigenvalue weighted by Gasteiger charge is -2.37. The summed E-state index contributed by atoms with van der Waals surface area (Å²) in [6, 6.07) is 2.88. The summed E-state index contributed by atoms with van der Waals surface area (Å²) in [4.78, 5) is 23.1. The minimum Gasteiger partial charge on any atom is -0.367 e. The number of halogens is 5. The number of benzene rings is 1. The van der Waals surface area contributed by atoms with E-state index in [9.17, 15) is 26.7 Å². The fourth-order valence-electron chi connectivity index (χ4n) is 3.85.